The first-order chi connectivity index (χ1) is 13.5. The maximum Gasteiger partial charge on any atom is 0.331 e. The van der Waals surface area contributed by atoms with Gasteiger partial charge in [0.1, 0.15) is 0 Å². The van der Waals surface area contributed by atoms with Crippen molar-refractivity contribution < 1.29 is 14.1 Å². The molecular weight excluding hydrogens is 376 g/mol. The number of hydrogen-bond acceptors (Lipinski definition) is 4. The van der Waals surface area contributed by atoms with Gasteiger partial charge in [-0.25, -0.2) is 9.00 Å². The number of aliphatic hydroxyl groups excluding tert-OH is 1. The van der Waals surface area contributed by atoms with E-state index in [1.807, 2.05) is 6.92 Å². The van der Waals surface area contributed by atoms with Crippen LogP contribution in [0.2, 0.25) is 0 Å². The Labute approximate surface area is 167 Å². The molecule has 0 fully saturated rings. The van der Waals surface area contributed by atoms with E-state index in [-0.39, 0.29) is 5.03 Å². The molecule has 0 bridgehead atoms. The molecule has 0 aliphatic heterocycles. The molecule has 8 heteroatoms. The summed E-state index contributed by atoms with van der Waals surface area (Å²) in [5.41, 5.74) is 6.07. The fourth-order valence-corrected chi connectivity index (χ4v) is 4.82. The van der Waals surface area contributed by atoms with Crippen molar-refractivity contribution in [1.29, 1.82) is 0 Å². The predicted molar refractivity (Wildman–Crippen MR) is 108 cm³/mol. The third-order valence-corrected chi connectivity index (χ3v) is 6.54. The number of hydrogen-bond donors (Lipinski definition) is 3. The second kappa shape index (κ2) is 8.05. The van der Waals surface area contributed by atoms with E-state index >= 15 is 0 Å². The van der Waals surface area contributed by atoms with Gasteiger partial charge in [0.2, 0.25) is 0 Å². The van der Waals surface area contributed by atoms with Crippen molar-refractivity contribution in [3.05, 3.63) is 40.6 Å². The Kier molecular flexibility index (Phi) is 5.50. The van der Waals surface area contributed by atoms with Crippen molar-refractivity contribution in [2.45, 2.75) is 69.5 Å². The normalized spacial score (nSPS) is 17.1. The maximum absolute atomic E-state index is 12.5. The lowest BCUT2D eigenvalue weighted by atomic mass is 9.99. The third-order valence-electron chi connectivity index (χ3n) is 5.57. The average molecular weight is 403 g/mol. The van der Waals surface area contributed by atoms with Gasteiger partial charge in [-0.3, -0.25) is 9.40 Å². The maximum atomic E-state index is 12.5. The Hall–Kier alpha value is -2.19. The molecule has 2 unspecified atom stereocenters. The number of amides is 2. The summed E-state index contributed by atoms with van der Waals surface area (Å²) in [6.07, 6.45) is 8.07. The number of anilines is 1. The molecule has 0 radical (unpaired) electrons. The summed E-state index contributed by atoms with van der Waals surface area (Å²) in [5.74, 6) is 0. The summed E-state index contributed by atoms with van der Waals surface area (Å²) in [4.78, 5) is 12.5. The standard InChI is InChI=1S/C20H26N4O3S/c1-2-15(25)12-24-10-9-18(22-24)28(27)23-20(26)21-19-16-7-3-5-13(16)11-14-6-4-8-17(14)19/h9-11,15,25H,2-8,12H2,1H3,(H2,21,23,26). The van der Waals surface area contributed by atoms with Crippen LogP contribution in [-0.4, -0.2) is 31.2 Å². The number of carbonyl (C=O) groups excluding carboxylic acids is 1. The van der Waals surface area contributed by atoms with Crippen molar-refractivity contribution >= 4 is 22.7 Å². The van der Waals surface area contributed by atoms with Crippen molar-refractivity contribution in [3.63, 3.8) is 0 Å². The SMILES string of the molecule is CCC(O)Cn1ccc(S(=O)NC(=O)Nc2c3c(cc4c2CCC4)CCC3)n1. The lowest BCUT2D eigenvalue weighted by Crippen LogP contribution is -2.31. The Bertz CT molecular complexity index is 892. The fraction of sp³-hybridized carbons (Fsp3) is 0.500. The molecule has 1 aromatic heterocycles. The predicted octanol–water partition coefficient (Wildman–Crippen LogP) is 2.48. The number of nitrogens with one attached hydrogen (secondary N) is 2. The molecular formula is C20H26N4O3S. The molecule has 150 valence electrons. The van der Waals surface area contributed by atoms with E-state index in [1.165, 1.54) is 26.9 Å². The highest BCUT2D eigenvalue weighted by Crippen LogP contribution is 2.38. The van der Waals surface area contributed by atoms with Gasteiger partial charge in [0, 0.05) is 11.9 Å². The lowest BCUT2D eigenvalue weighted by Gasteiger charge is -2.16. The summed E-state index contributed by atoms with van der Waals surface area (Å²) >= 11 is 0. The molecule has 2 aliphatic rings. The largest absolute Gasteiger partial charge is 0.391 e. The van der Waals surface area contributed by atoms with Gasteiger partial charge in [0.05, 0.1) is 12.6 Å². The Morgan fingerprint density at radius 2 is 1.93 bits per heavy atom. The van der Waals surface area contributed by atoms with Crippen LogP contribution in [0.3, 0.4) is 0 Å². The summed E-state index contributed by atoms with van der Waals surface area (Å²) in [6.45, 7) is 2.22. The zero-order chi connectivity index (χ0) is 19.7. The summed E-state index contributed by atoms with van der Waals surface area (Å²) in [7, 11) is -1.76. The van der Waals surface area contributed by atoms with Gasteiger partial charge in [-0.2, -0.15) is 5.10 Å². The van der Waals surface area contributed by atoms with Crippen LogP contribution in [0.4, 0.5) is 10.5 Å². The minimum Gasteiger partial charge on any atom is -0.391 e. The van der Waals surface area contributed by atoms with Crippen LogP contribution in [0.25, 0.3) is 0 Å². The van der Waals surface area contributed by atoms with Gasteiger partial charge in [-0.15, -0.1) is 0 Å². The molecule has 0 saturated carbocycles. The number of benzene rings is 1. The van der Waals surface area contributed by atoms with Gasteiger partial charge in [0.15, 0.2) is 16.0 Å². The number of rotatable bonds is 6. The molecule has 2 amide bonds. The van der Waals surface area contributed by atoms with E-state index in [9.17, 15) is 14.1 Å². The minimum absolute atomic E-state index is 0.266. The van der Waals surface area contributed by atoms with E-state index in [1.54, 1.807) is 12.3 Å². The van der Waals surface area contributed by atoms with Crippen LogP contribution in [0, 0.1) is 0 Å². The summed E-state index contributed by atoms with van der Waals surface area (Å²) < 4.78 is 16.5. The zero-order valence-corrected chi connectivity index (χ0v) is 16.8. The van der Waals surface area contributed by atoms with Gasteiger partial charge in [-0.1, -0.05) is 13.0 Å². The third kappa shape index (κ3) is 3.84. The molecule has 1 heterocycles. The molecule has 1 aromatic carbocycles. The molecule has 2 aromatic rings. The average Bonchev–Trinajstić information content (AvgIpc) is 3.41. The fourth-order valence-electron chi connectivity index (χ4n) is 4.13. The van der Waals surface area contributed by atoms with E-state index in [0.29, 0.717) is 13.0 Å². The topological polar surface area (TPSA) is 96.3 Å². The second-order valence-corrected chi connectivity index (χ2v) is 8.66. The highest BCUT2D eigenvalue weighted by molar-refractivity contribution is 7.83. The molecule has 3 N–H and O–H groups in total. The van der Waals surface area contributed by atoms with Crippen LogP contribution >= 0.6 is 0 Å². The van der Waals surface area contributed by atoms with Crippen molar-refractivity contribution in [2.24, 2.45) is 0 Å². The van der Waals surface area contributed by atoms with Crippen LogP contribution in [0.5, 0.6) is 0 Å². The number of fused-ring (bicyclic) bond motifs is 2. The van der Waals surface area contributed by atoms with Crippen LogP contribution in [0.15, 0.2) is 23.4 Å². The molecule has 2 aliphatic carbocycles. The number of aliphatic hydroxyl groups is 1. The smallest absolute Gasteiger partial charge is 0.331 e. The Balaban J connectivity index is 1.45. The molecule has 4 rings (SSSR count). The molecule has 0 spiro atoms. The molecule has 2 atom stereocenters. The van der Waals surface area contributed by atoms with Crippen molar-refractivity contribution in [3.8, 4) is 0 Å². The van der Waals surface area contributed by atoms with Crippen molar-refractivity contribution in [2.75, 3.05) is 5.32 Å². The van der Waals surface area contributed by atoms with E-state index in [0.717, 1.165) is 44.2 Å². The number of aromatic nitrogens is 2. The van der Waals surface area contributed by atoms with E-state index in [4.69, 9.17) is 0 Å². The van der Waals surface area contributed by atoms with Gasteiger partial charge < -0.3 is 10.4 Å². The highest BCUT2D eigenvalue weighted by atomic mass is 32.2. The van der Waals surface area contributed by atoms with E-state index < -0.39 is 23.1 Å². The Morgan fingerprint density at radius 1 is 1.25 bits per heavy atom. The first-order valence-electron chi connectivity index (χ1n) is 9.92. The zero-order valence-electron chi connectivity index (χ0n) is 16.0. The second-order valence-electron chi connectivity index (χ2n) is 7.50. The summed E-state index contributed by atoms with van der Waals surface area (Å²) in [6, 6.07) is 3.43. The monoisotopic (exact) mass is 402 g/mol. The lowest BCUT2D eigenvalue weighted by molar-refractivity contribution is 0.144. The number of urea groups is 1. The number of carbonyl (C=O) groups is 1. The number of nitrogens with zero attached hydrogens (tertiary/aromatic N) is 2. The van der Waals surface area contributed by atoms with Gasteiger partial charge in [-0.05, 0) is 73.3 Å². The molecule has 28 heavy (non-hydrogen) atoms. The first kappa shape index (κ1) is 19.1. The summed E-state index contributed by atoms with van der Waals surface area (Å²) in [5, 5.41) is 17.1. The molecule has 0 saturated heterocycles. The Morgan fingerprint density at radius 3 is 2.57 bits per heavy atom. The van der Waals surface area contributed by atoms with Crippen molar-refractivity contribution in [1.82, 2.24) is 14.5 Å². The highest BCUT2D eigenvalue weighted by Gasteiger charge is 2.25. The van der Waals surface area contributed by atoms with E-state index in [2.05, 4.69) is 21.2 Å². The minimum atomic E-state index is -1.76. The van der Waals surface area contributed by atoms with Crippen LogP contribution in [0.1, 0.15) is 48.4 Å². The molecule has 7 nitrogen and oxygen atoms in total. The van der Waals surface area contributed by atoms with Crippen LogP contribution < -0.4 is 10.0 Å². The first-order valence-corrected chi connectivity index (χ1v) is 11.1. The quantitative estimate of drug-likeness (QED) is 0.692. The van der Waals surface area contributed by atoms with Gasteiger partial charge in [0.25, 0.3) is 0 Å². The van der Waals surface area contributed by atoms with Crippen LogP contribution in [-0.2, 0) is 43.2 Å². The number of aryl methyl sites for hydroxylation is 2. The van der Waals surface area contributed by atoms with Gasteiger partial charge >= 0.3 is 6.03 Å².